The Labute approximate surface area is 120 Å². The maximum atomic E-state index is 12.8. The fraction of sp³-hybridized carbons (Fsp3) is 0.471. The van der Waals surface area contributed by atoms with E-state index >= 15 is 0 Å². The van der Waals surface area contributed by atoms with Crippen molar-refractivity contribution in [3.05, 3.63) is 42.0 Å². The van der Waals surface area contributed by atoms with Gasteiger partial charge in [0.15, 0.2) is 5.78 Å². The molecule has 0 aromatic heterocycles. The molecule has 0 aliphatic carbocycles. The number of piperidine rings is 1. The van der Waals surface area contributed by atoms with Crippen LogP contribution in [0.5, 0.6) is 0 Å². The highest BCUT2D eigenvalue weighted by molar-refractivity contribution is 6.01. The van der Waals surface area contributed by atoms with Crippen molar-refractivity contribution in [3.8, 4) is 0 Å². The van der Waals surface area contributed by atoms with Gasteiger partial charge in [0.25, 0.3) is 0 Å². The number of nitrogens with zero attached hydrogens (tertiary/aromatic N) is 1. The minimum absolute atomic E-state index is 0.117. The summed E-state index contributed by atoms with van der Waals surface area (Å²) in [5.74, 6) is 0.386. The van der Waals surface area contributed by atoms with E-state index in [0.717, 1.165) is 37.2 Å². The highest BCUT2D eigenvalue weighted by Crippen LogP contribution is 2.33. The minimum Gasteiger partial charge on any atom is -0.378 e. The Morgan fingerprint density at radius 1 is 1.30 bits per heavy atom. The zero-order valence-corrected chi connectivity index (χ0v) is 11.9. The fourth-order valence-corrected chi connectivity index (χ4v) is 3.43. The van der Waals surface area contributed by atoms with Gasteiger partial charge >= 0.3 is 0 Å². The molecule has 2 atom stereocenters. The normalized spacial score (nSPS) is 29.9. The van der Waals surface area contributed by atoms with Crippen LogP contribution in [0.15, 0.2) is 30.8 Å². The first-order valence-corrected chi connectivity index (χ1v) is 7.26. The Hall–Kier alpha value is -1.45. The van der Waals surface area contributed by atoms with Crippen molar-refractivity contribution in [2.45, 2.75) is 24.9 Å². The summed E-state index contributed by atoms with van der Waals surface area (Å²) in [7, 11) is 2.15. The summed E-state index contributed by atoms with van der Waals surface area (Å²) >= 11 is 0. The number of ketones is 1. The number of carbonyl (C=O) groups excluding carboxylic acids is 1. The first kappa shape index (κ1) is 13.5. The Bertz CT molecular complexity index is 511. The summed E-state index contributed by atoms with van der Waals surface area (Å²) in [4.78, 5) is 15.2. The van der Waals surface area contributed by atoms with Crippen molar-refractivity contribution in [3.63, 3.8) is 0 Å². The average Bonchev–Trinajstić information content (AvgIpc) is 2.46. The lowest BCUT2D eigenvalue weighted by Gasteiger charge is -2.46. The molecule has 0 saturated carbocycles. The number of morpholine rings is 1. The summed E-state index contributed by atoms with van der Waals surface area (Å²) < 4.78 is 5.62. The largest absolute Gasteiger partial charge is 0.378 e. The molecule has 1 aromatic carbocycles. The van der Waals surface area contributed by atoms with E-state index in [1.54, 1.807) is 6.08 Å². The number of fused-ring (bicyclic) bond motifs is 2. The number of carbonyl (C=O) groups is 1. The molecule has 0 N–H and O–H groups in total. The number of benzene rings is 1. The molecule has 20 heavy (non-hydrogen) atoms. The summed E-state index contributed by atoms with van der Waals surface area (Å²) in [6, 6.07) is 8.52. The van der Waals surface area contributed by atoms with Crippen molar-refractivity contribution in [1.82, 2.24) is 4.90 Å². The van der Waals surface area contributed by atoms with E-state index in [-0.39, 0.29) is 11.7 Å². The van der Waals surface area contributed by atoms with E-state index < -0.39 is 0 Å². The number of hydrogen-bond donors (Lipinski definition) is 0. The van der Waals surface area contributed by atoms with E-state index in [0.29, 0.717) is 12.1 Å². The predicted octanol–water partition coefficient (Wildman–Crippen LogP) is 2.62. The lowest BCUT2D eigenvalue weighted by atomic mass is 9.80. The standard InChI is InChI=1S/C17H21NO2/c1-3-12-6-4-5-7-16(12)17(19)13-8-14-10-20-11-15(9-13)18(14)2/h3-7,13-15H,1,8-11H2,2H3. The van der Waals surface area contributed by atoms with Crippen LogP contribution in [0.2, 0.25) is 0 Å². The molecule has 3 rings (SSSR count). The van der Waals surface area contributed by atoms with Crippen molar-refractivity contribution in [2.24, 2.45) is 5.92 Å². The van der Waals surface area contributed by atoms with Gasteiger partial charge in [-0.25, -0.2) is 0 Å². The van der Waals surface area contributed by atoms with Gasteiger partial charge in [-0.2, -0.15) is 0 Å². The third-order valence-electron chi connectivity index (χ3n) is 4.70. The van der Waals surface area contributed by atoms with Crippen molar-refractivity contribution in [2.75, 3.05) is 20.3 Å². The fourth-order valence-electron chi connectivity index (χ4n) is 3.43. The van der Waals surface area contributed by atoms with Crippen LogP contribution in [0.3, 0.4) is 0 Å². The second-order valence-electron chi connectivity index (χ2n) is 5.83. The SMILES string of the molecule is C=Cc1ccccc1C(=O)C1CC2COCC(C1)N2C. The second kappa shape index (κ2) is 5.51. The summed E-state index contributed by atoms with van der Waals surface area (Å²) in [6.07, 6.45) is 3.57. The van der Waals surface area contributed by atoms with Gasteiger partial charge in [0.2, 0.25) is 0 Å². The molecule has 0 amide bonds. The van der Waals surface area contributed by atoms with Gasteiger partial charge in [-0.3, -0.25) is 9.69 Å². The van der Waals surface area contributed by atoms with Crippen LogP contribution in [-0.2, 0) is 4.74 Å². The Balaban J connectivity index is 1.83. The van der Waals surface area contributed by atoms with Gasteiger partial charge in [-0.1, -0.05) is 36.9 Å². The molecule has 2 aliphatic rings. The van der Waals surface area contributed by atoms with E-state index in [4.69, 9.17) is 4.74 Å². The van der Waals surface area contributed by atoms with Crippen LogP contribution < -0.4 is 0 Å². The molecule has 2 unspecified atom stereocenters. The number of hydrogen-bond acceptors (Lipinski definition) is 3. The van der Waals surface area contributed by atoms with Gasteiger partial charge in [-0.05, 0) is 25.5 Å². The van der Waals surface area contributed by atoms with Crippen molar-refractivity contribution in [1.29, 1.82) is 0 Å². The van der Waals surface area contributed by atoms with Crippen LogP contribution in [-0.4, -0.2) is 43.0 Å². The third-order valence-corrected chi connectivity index (χ3v) is 4.70. The molecule has 2 heterocycles. The van der Waals surface area contributed by atoms with E-state index in [9.17, 15) is 4.79 Å². The van der Waals surface area contributed by atoms with Gasteiger partial charge in [0.05, 0.1) is 13.2 Å². The third kappa shape index (κ3) is 2.32. The smallest absolute Gasteiger partial charge is 0.166 e. The molecular weight excluding hydrogens is 250 g/mol. The lowest BCUT2D eigenvalue weighted by Crippen LogP contribution is -2.55. The maximum absolute atomic E-state index is 12.8. The molecule has 2 bridgehead atoms. The van der Waals surface area contributed by atoms with Crippen LogP contribution in [0.1, 0.15) is 28.8 Å². The van der Waals surface area contributed by atoms with Crippen LogP contribution in [0.25, 0.3) is 6.08 Å². The molecule has 3 nitrogen and oxygen atoms in total. The number of likely N-dealkylation sites (N-methyl/N-ethyl adjacent to an activating group) is 1. The monoisotopic (exact) mass is 271 g/mol. The first-order chi connectivity index (χ1) is 9.70. The number of rotatable bonds is 3. The quantitative estimate of drug-likeness (QED) is 0.792. The summed E-state index contributed by atoms with van der Waals surface area (Å²) in [6.45, 7) is 5.31. The van der Waals surface area contributed by atoms with E-state index in [1.807, 2.05) is 24.3 Å². The van der Waals surface area contributed by atoms with E-state index in [1.165, 1.54) is 0 Å². The highest BCUT2D eigenvalue weighted by Gasteiger charge is 2.39. The van der Waals surface area contributed by atoms with Crippen LogP contribution in [0.4, 0.5) is 0 Å². The van der Waals surface area contributed by atoms with Crippen LogP contribution in [0, 0.1) is 5.92 Å². The maximum Gasteiger partial charge on any atom is 0.166 e. The Morgan fingerprint density at radius 2 is 1.95 bits per heavy atom. The Kier molecular flexibility index (Phi) is 3.72. The van der Waals surface area contributed by atoms with Crippen LogP contribution >= 0.6 is 0 Å². The lowest BCUT2D eigenvalue weighted by molar-refractivity contribution is -0.0702. The molecule has 106 valence electrons. The molecule has 2 fully saturated rings. The molecule has 2 saturated heterocycles. The Morgan fingerprint density at radius 3 is 2.60 bits per heavy atom. The predicted molar refractivity (Wildman–Crippen MR) is 79.7 cm³/mol. The minimum atomic E-state index is 0.117. The van der Waals surface area contributed by atoms with Gasteiger partial charge in [0.1, 0.15) is 0 Å². The van der Waals surface area contributed by atoms with Gasteiger partial charge in [-0.15, -0.1) is 0 Å². The summed E-state index contributed by atoms with van der Waals surface area (Å²) in [5.41, 5.74) is 1.76. The van der Waals surface area contributed by atoms with Gasteiger partial charge < -0.3 is 4.74 Å². The number of Topliss-reactive ketones (excluding diaryl/α,β-unsaturated/α-hetero) is 1. The zero-order chi connectivity index (χ0) is 14.1. The number of ether oxygens (including phenoxy) is 1. The van der Waals surface area contributed by atoms with Crippen molar-refractivity contribution >= 4 is 11.9 Å². The summed E-state index contributed by atoms with van der Waals surface area (Å²) in [5, 5.41) is 0. The topological polar surface area (TPSA) is 29.5 Å². The second-order valence-corrected chi connectivity index (χ2v) is 5.83. The molecule has 3 heteroatoms. The highest BCUT2D eigenvalue weighted by atomic mass is 16.5. The first-order valence-electron chi connectivity index (χ1n) is 7.26. The van der Waals surface area contributed by atoms with Crippen molar-refractivity contribution < 1.29 is 9.53 Å². The van der Waals surface area contributed by atoms with Gasteiger partial charge in [0, 0.05) is 23.6 Å². The zero-order valence-electron chi connectivity index (χ0n) is 11.9. The average molecular weight is 271 g/mol. The molecule has 0 spiro atoms. The molecule has 1 aromatic rings. The molecule has 0 radical (unpaired) electrons. The van der Waals surface area contributed by atoms with E-state index in [2.05, 4.69) is 18.5 Å². The molecule has 2 aliphatic heterocycles. The molecular formula is C17H21NO2.